The number of nitrogens with one attached hydrogen (secondary N) is 2. The normalized spacial score (nSPS) is 10.5. The summed E-state index contributed by atoms with van der Waals surface area (Å²) >= 11 is 11.9. The number of carbonyl (C=O) groups is 1. The number of rotatable bonds is 4. The molecule has 1 heterocycles. The van der Waals surface area contributed by atoms with E-state index < -0.39 is 0 Å². The zero-order chi connectivity index (χ0) is 18.7. The molecule has 26 heavy (non-hydrogen) atoms. The second-order valence-electron chi connectivity index (χ2n) is 5.91. The van der Waals surface area contributed by atoms with E-state index in [1.165, 1.54) is 12.4 Å². The summed E-state index contributed by atoms with van der Waals surface area (Å²) in [4.78, 5) is 20.7. The van der Waals surface area contributed by atoms with Crippen LogP contribution in [0.2, 0.25) is 10.0 Å². The predicted molar refractivity (Wildman–Crippen MR) is 106 cm³/mol. The Morgan fingerprint density at radius 3 is 2.00 bits per heavy atom. The lowest BCUT2D eigenvalue weighted by Crippen LogP contribution is -2.13. The molecule has 7 heteroatoms. The van der Waals surface area contributed by atoms with Crippen LogP contribution in [0.1, 0.15) is 21.5 Å². The molecule has 0 aliphatic carbocycles. The van der Waals surface area contributed by atoms with Crippen LogP contribution in [0.25, 0.3) is 0 Å². The lowest BCUT2D eigenvalue weighted by atomic mass is 10.1. The molecular weight excluding hydrogens is 371 g/mol. The molecule has 0 saturated carbocycles. The summed E-state index contributed by atoms with van der Waals surface area (Å²) in [5.74, 6) is 0.0682. The van der Waals surface area contributed by atoms with Gasteiger partial charge in [0, 0.05) is 33.8 Å². The van der Waals surface area contributed by atoms with Gasteiger partial charge in [0.15, 0.2) is 0 Å². The van der Waals surface area contributed by atoms with Gasteiger partial charge in [0.1, 0.15) is 0 Å². The van der Waals surface area contributed by atoms with Gasteiger partial charge in [-0.1, -0.05) is 29.3 Å². The number of hydrogen-bond acceptors (Lipinski definition) is 4. The van der Waals surface area contributed by atoms with Crippen molar-refractivity contribution in [1.82, 2.24) is 9.97 Å². The van der Waals surface area contributed by atoms with E-state index in [-0.39, 0.29) is 5.91 Å². The molecular formula is C19H16Cl2N4O. The first-order chi connectivity index (χ1) is 12.4. The fourth-order valence-electron chi connectivity index (χ4n) is 2.52. The van der Waals surface area contributed by atoms with Crippen LogP contribution >= 0.6 is 23.2 Å². The van der Waals surface area contributed by atoms with Crippen molar-refractivity contribution in [3.63, 3.8) is 0 Å². The van der Waals surface area contributed by atoms with Gasteiger partial charge in [-0.3, -0.25) is 4.79 Å². The Morgan fingerprint density at radius 2 is 1.42 bits per heavy atom. The summed E-state index contributed by atoms with van der Waals surface area (Å²) in [6.45, 7) is 4.04. The number of anilines is 3. The quantitative estimate of drug-likeness (QED) is 0.629. The molecule has 0 saturated heterocycles. The van der Waals surface area contributed by atoms with Crippen LogP contribution in [0.3, 0.4) is 0 Å². The highest BCUT2D eigenvalue weighted by Crippen LogP contribution is 2.23. The summed E-state index contributed by atoms with van der Waals surface area (Å²) in [6, 6.07) is 10.9. The number of benzene rings is 2. The molecule has 3 aromatic rings. The highest BCUT2D eigenvalue weighted by molar-refractivity contribution is 6.35. The van der Waals surface area contributed by atoms with E-state index in [4.69, 9.17) is 23.2 Å². The van der Waals surface area contributed by atoms with Crippen molar-refractivity contribution < 1.29 is 4.79 Å². The topological polar surface area (TPSA) is 66.9 Å². The van der Waals surface area contributed by atoms with Crippen molar-refractivity contribution in [2.75, 3.05) is 10.6 Å². The average molecular weight is 387 g/mol. The third-order valence-corrected chi connectivity index (χ3v) is 3.95. The molecule has 0 radical (unpaired) electrons. The van der Waals surface area contributed by atoms with E-state index in [1.54, 1.807) is 18.2 Å². The SMILES string of the molecule is Cc1cc(C)cc(Nc2ncc(C(=O)Nc3cc(Cl)cc(Cl)c3)cn2)c1. The number of amides is 1. The van der Waals surface area contributed by atoms with Crippen molar-refractivity contribution in [3.05, 3.63) is 75.5 Å². The standard InChI is InChI=1S/C19H16Cl2N4O/c1-11-3-12(2)5-16(4-11)25-19-22-9-13(10-23-19)18(26)24-17-7-14(20)6-15(21)8-17/h3-10H,1-2H3,(H,24,26)(H,22,23,25). The van der Waals surface area contributed by atoms with Crippen LogP contribution in [0.5, 0.6) is 0 Å². The summed E-state index contributed by atoms with van der Waals surface area (Å²) in [7, 11) is 0. The summed E-state index contributed by atoms with van der Waals surface area (Å²) < 4.78 is 0. The maximum atomic E-state index is 12.3. The minimum absolute atomic E-state index is 0.326. The fraction of sp³-hybridized carbons (Fsp3) is 0.105. The first-order valence-electron chi connectivity index (χ1n) is 7.84. The van der Waals surface area contributed by atoms with E-state index in [9.17, 15) is 4.79 Å². The van der Waals surface area contributed by atoms with Crippen LogP contribution < -0.4 is 10.6 Å². The molecule has 2 aromatic carbocycles. The third-order valence-electron chi connectivity index (χ3n) is 3.51. The zero-order valence-electron chi connectivity index (χ0n) is 14.2. The molecule has 2 N–H and O–H groups in total. The van der Waals surface area contributed by atoms with Crippen LogP contribution in [0.4, 0.5) is 17.3 Å². The largest absolute Gasteiger partial charge is 0.324 e. The Hall–Kier alpha value is -2.63. The number of nitrogens with zero attached hydrogens (tertiary/aromatic N) is 2. The van der Waals surface area contributed by atoms with Crippen molar-refractivity contribution in [3.8, 4) is 0 Å². The van der Waals surface area contributed by atoms with E-state index in [0.29, 0.717) is 27.2 Å². The average Bonchev–Trinajstić information content (AvgIpc) is 2.53. The van der Waals surface area contributed by atoms with Gasteiger partial charge in [0.2, 0.25) is 5.95 Å². The molecule has 5 nitrogen and oxygen atoms in total. The third kappa shape index (κ3) is 4.71. The van der Waals surface area contributed by atoms with E-state index in [0.717, 1.165) is 16.8 Å². The Morgan fingerprint density at radius 1 is 0.846 bits per heavy atom. The van der Waals surface area contributed by atoms with Crippen molar-refractivity contribution in [1.29, 1.82) is 0 Å². The van der Waals surface area contributed by atoms with Gasteiger partial charge >= 0.3 is 0 Å². The molecule has 1 aromatic heterocycles. The first kappa shape index (κ1) is 18.2. The lowest BCUT2D eigenvalue weighted by molar-refractivity contribution is 0.102. The molecule has 0 spiro atoms. The number of carbonyl (C=O) groups excluding carboxylic acids is 1. The lowest BCUT2D eigenvalue weighted by Gasteiger charge is -2.08. The monoisotopic (exact) mass is 386 g/mol. The highest BCUT2D eigenvalue weighted by atomic mass is 35.5. The van der Waals surface area contributed by atoms with Crippen LogP contribution in [-0.2, 0) is 0 Å². The van der Waals surface area contributed by atoms with Crippen LogP contribution in [-0.4, -0.2) is 15.9 Å². The van der Waals surface area contributed by atoms with Crippen molar-refractivity contribution >= 4 is 46.4 Å². The highest BCUT2D eigenvalue weighted by Gasteiger charge is 2.09. The molecule has 0 aliphatic rings. The fourth-order valence-corrected chi connectivity index (χ4v) is 3.04. The van der Waals surface area contributed by atoms with E-state index >= 15 is 0 Å². The Balaban J connectivity index is 1.71. The number of aromatic nitrogens is 2. The van der Waals surface area contributed by atoms with Crippen LogP contribution in [0.15, 0.2) is 48.8 Å². The minimum Gasteiger partial charge on any atom is -0.324 e. The van der Waals surface area contributed by atoms with Crippen molar-refractivity contribution in [2.24, 2.45) is 0 Å². The van der Waals surface area contributed by atoms with Gasteiger partial charge in [-0.25, -0.2) is 9.97 Å². The molecule has 132 valence electrons. The van der Waals surface area contributed by atoms with Gasteiger partial charge in [0.25, 0.3) is 5.91 Å². The smallest absolute Gasteiger partial charge is 0.258 e. The second-order valence-corrected chi connectivity index (χ2v) is 6.78. The van der Waals surface area contributed by atoms with Gasteiger partial charge in [-0.15, -0.1) is 0 Å². The summed E-state index contributed by atoms with van der Waals surface area (Å²) in [5, 5.41) is 6.73. The summed E-state index contributed by atoms with van der Waals surface area (Å²) in [6.07, 6.45) is 2.92. The molecule has 1 amide bonds. The van der Waals surface area contributed by atoms with E-state index in [1.807, 2.05) is 26.0 Å². The van der Waals surface area contributed by atoms with Gasteiger partial charge in [-0.2, -0.15) is 0 Å². The summed E-state index contributed by atoms with van der Waals surface area (Å²) in [5.41, 5.74) is 4.01. The van der Waals surface area contributed by atoms with Crippen LogP contribution in [0, 0.1) is 13.8 Å². The number of halogens is 2. The number of hydrogen-bond donors (Lipinski definition) is 2. The second kappa shape index (κ2) is 7.72. The Bertz CT molecular complexity index is 918. The molecule has 0 bridgehead atoms. The maximum Gasteiger partial charge on any atom is 0.258 e. The Labute approximate surface area is 161 Å². The molecule has 0 atom stereocenters. The van der Waals surface area contributed by atoms with Gasteiger partial charge < -0.3 is 10.6 Å². The first-order valence-corrected chi connectivity index (χ1v) is 8.59. The van der Waals surface area contributed by atoms with Crippen molar-refractivity contribution in [2.45, 2.75) is 13.8 Å². The number of aryl methyl sites for hydroxylation is 2. The van der Waals surface area contributed by atoms with Gasteiger partial charge in [0.05, 0.1) is 5.56 Å². The minimum atomic E-state index is -0.346. The van der Waals surface area contributed by atoms with Gasteiger partial charge in [-0.05, 0) is 55.3 Å². The predicted octanol–water partition coefficient (Wildman–Crippen LogP) is 5.40. The molecule has 0 unspecified atom stereocenters. The maximum absolute atomic E-state index is 12.3. The molecule has 3 rings (SSSR count). The Kier molecular flexibility index (Phi) is 5.40. The molecule has 0 fully saturated rings. The van der Waals surface area contributed by atoms with E-state index in [2.05, 4.69) is 26.7 Å². The zero-order valence-corrected chi connectivity index (χ0v) is 15.7. The molecule has 0 aliphatic heterocycles.